The first-order valence-corrected chi connectivity index (χ1v) is 6.56. The van der Waals surface area contributed by atoms with E-state index in [9.17, 15) is 5.26 Å². The maximum atomic E-state index is 9.45. The van der Waals surface area contributed by atoms with Gasteiger partial charge in [-0.25, -0.2) is 4.98 Å². The summed E-state index contributed by atoms with van der Waals surface area (Å²) in [6.45, 7) is 8.60. The summed E-state index contributed by atoms with van der Waals surface area (Å²) in [4.78, 5) is 4.54. The van der Waals surface area contributed by atoms with Crippen molar-refractivity contribution in [1.82, 2.24) is 14.9 Å². The van der Waals surface area contributed by atoms with Gasteiger partial charge in [0.25, 0.3) is 0 Å². The van der Waals surface area contributed by atoms with Crippen LogP contribution in [0.15, 0.2) is 24.3 Å². The Labute approximate surface area is 114 Å². The highest BCUT2D eigenvalue weighted by Crippen LogP contribution is 2.19. The summed E-state index contributed by atoms with van der Waals surface area (Å²) >= 11 is 0. The molecular formula is C15H20N4. The van der Waals surface area contributed by atoms with Crippen LogP contribution in [0, 0.1) is 18.3 Å². The number of nitrogens with one attached hydrogen (secondary N) is 1. The topological polar surface area (TPSA) is 53.6 Å². The minimum absolute atomic E-state index is 0.264. The van der Waals surface area contributed by atoms with Gasteiger partial charge in [0.1, 0.15) is 11.4 Å². The Morgan fingerprint density at radius 2 is 2.11 bits per heavy atom. The van der Waals surface area contributed by atoms with Gasteiger partial charge in [-0.05, 0) is 39.8 Å². The monoisotopic (exact) mass is 256 g/mol. The lowest BCUT2D eigenvalue weighted by Gasteiger charge is -2.27. The molecule has 0 aliphatic carbocycles. The van der Waals surface area contributed by atoms with Crippen molar-refractivity contribution in [1.29, 1.82) is 5.26 Å². The molecule has 4 nitrogen and oxygen atoms in total. The van der Waals surface area contributed by atoms with E-state index >= 15 is 0 Å². The summed E-state index contributed by atoms with van der Waals surface area (Å²) in [5.74, 6) is 0.938. The van der Waals surface area contributed by atoms with Crippen LogP contribution in [0.5, 0.6) is 0 Å². The van der Waals surface area contributed by atoms with E-state index in [1.807, 2.05) is 38.1 Å². The number of para-hydroxylation sites is 2. The van der Waals surface area contributed by atoms with Crippen LogP contribution in [-0.2, 0) is 6.54 Å². The van der Waals surface area contributed by atoms with Crippen molar-refractivity contribution in [3.8, 4) is 6.07 Å². The molecule has 2 aromatic rings. The van der Waals surface area contributed by atoms with Crippen LogP contribution in [0.1, 0.15) is 26.6 Å². The lowest BCUT2D eigenvalue weighted by molar-refractivity contribution is 0.359. The maximum absolute atomic E-state index is 9.45. The van der Waals surface area contributed by atoms with Gasteiger partial charge in [-0.15, -0.1) is 0 Å². The van der Waals surface area contributed by atoms with Gasteiger partial charge >= 0.3 is 0 Å². The van der Waals surface area contributed by atoms with Crippen LogP contribution in [0.4, 0.5) is 0 Å². The highest BCUT2D eigenvalue weighted by Gasteiger charge is 2.26. The van der Waals surface area contributed by atoms with E-state index < -0.39 is 5.54 Å². The third-order valence-corrected chi connectivity index (χ3v) is 3.17. The van der Waals surface area contributed by atoms with Gasteiger partial charge in [-0.3, -0.25) is 5.32 Å². The highest BCUT2D eigenvalue weighted by atomic mass is 15.1. The summed E-state index contributed by atoms with van der Waals surface area (Å²) in [5.41, 5.74) is 1.46. The molecule has 0 saturated heterocycles. The predicted octanol–water partition coefficient (Wildman–Crippen LogP) is 2.63. The van der Waals surface area contributed by atoms with E-state index in [1.54, 1.807) is 0 Å². The van der Waals surface area contributed by atoms with Gasteiger partial charge in [0.2, 0.25) is 0 Å². The lowest BCUT2D eigenvalue weighted by Crippen LogP contribution is -2.48. The number of hydrogen-bond donors (Lipinski definition) is 1. The Morgan fingerprint density at radius 1 is 1.42 bits per heavy atom. The van der Waals surface area contributed by atoms with Crippen molar-refractivity contribution in [2.45, 2.75) is 45.8 Å². The van der Waals surface area contributed by atoms with E-state index in [1.165, 1.54) is 0 Å². The maximum Gasteiger partial charge on any atom is 0.122 e. The molecule has 1 heterocycles. The Kier molecular flexibility index (Phi) is 3.59. The van der Waals surface area contributed by atoms with Crippen molar-refractivity contribution < 1.29 is 0 Å². The molecule has 0 aliphatic rings. The standard InChI is InChI=1S/C15H20N4/c1-11(2)18-15(4,9-16)10-19-12(3)17-13-7-5-6-8-14(13)19/h5-8,11,18H,10H2,1-4H3. The number of nitriles is 1. The van der Waals surface area contributed by atoms with Crippen LogP contribution < -0.4 is 5.32 Å². The molecule has 1 aromatic carbocycles. The second-order valence-electron chi connectivity index (χ2n) is 5.48. The highest BCUT2D eigenvalue weighted by molar-refractivity contribution is 5.75. The molecule has 0 fully saturated rings. The van der Waals surface area contributed by atoms with Crippen LogP contribution in [0.25, 0.3) is 11.0 Å². The summed E-state index contributed by atoms with van der Waals surface area (Å²) < 4.78 is 2.11. The van der Waals surface area contributed by atoms with E-state index in [0.717, 1.165) is 16.9 Å². The zero-order valence-electron chi connectivity index (χ0n) is 11.9. The third-order valence-electron chi connectivity index (χ3n) is 3.17. The van der Waals surface area contributed by atoms with Gasteiger partial charge < -0.3 is 4.57 Å². The lowest BCUT2D eigenvalue weighted by atomic mass is 10.0. The molecule has 1 unspecified atom stereocenters. The van der Waals surface area contributed by atoms with Gasteiger partial charge in [0.15, 0.2) is 0 Å². The second-order valence-corrected chi connectivity index (χ2v) is 5.48. The van der Waals surface area contributed by atoms with E-state index in [0.29, 0.717) is 6.54 Å². The zero-order valence-corrected chi connectivity index (χ0v) is 11.9. The molecule has 0 saturated carbocycles. The van der Waals surface area contributed by atoms with Crippen LogP contribution in [0.3, 0.4) is 0 Å². The van der Waals surface area contributed by atoms with Gasteiger partial charge in [-0.2, -0.15) is 5.26 Å². The Balaban J connectivity index is 2.40. The number of nitrogens with zero attached hydrogens (tertiary/aromatic N) is 3. The SMILES string of the molecule is Cc1nc2ccccc2n1CC(C)(C#N)NC(C)C. The number of imidazole rings is 1. The van der Waals surface area contributed by atoms with Crippen LogP contribution in [-0.4, -0.2) is 21.1 Å². The summed E-state index contributed by atoms with van der Waals surface area (Å²) in [6, 6.07) is 10.7. The Hall–Kier alpha value is -1.86. The second kappa shape index (κ2) is 5.02. The Bertz CT molecular complexity index is 621. The molecule has 0 bridgehead atoms. The first-order valence-electron chi connectivity index (χ1n) is 6.56. The third kappa shape index (κ3) is 2.77. The molecular weight excluding hydrogens is 236 g/mol. The molecule has 2 rings (SSSR count). The molecule has 1 aromatic heterocycles. The van der Waals surface area contributed by atoms with Crippen LogP contribution >= 0.6 is 0 Å². The summed E-state index contributed by atoms with van der Waals surface area (Å²) in [7, 11) is 0. The Morgan fingerprint density at radius 3 is 2.74 bits per heavy atom. The van der Waals surface area contributed by atoms with Crippen LogP contribution in [0.2, 0.25) is 0 Å². The number of aromatic nitrogens is 2. The molecule has 1 atom stereocenters. The van der Waals surface area contributed by atoms with Crippen molar-refractivity contribution in [3.05, 3.63) is 30.1 Å². The minimum Gasteiger partial charge on any atom is -0.325 e. The molecule has 0 spiro atoms. The molecule has 0 aliphatic heterocycles. The number of fused-ring (bicyclic) bond motifs is 1. The quantitative estimate of drug-likeness (QED) is 0.915. The van der Waals surface area contributed by atoms with Gasteiger partial charge in [0.05, 0.1) is 23.6 Å². The molecule has 0 amide bonds. The number of hydrogen-bond acceptors (Lipinski definition) is 3. The van der Waals surface area contributed by atoms with E-state index in [-0.39, 0.29) is 6.04 Å². The number of benzene rings is 1. The fourth-order valence-corrected chi connectivity index (χ4v) is 2.46. The number of aryl methyl sites for hydroxylation is 1. The van der Waals surface area contributed by atoms with Crippen molar-refractivity contribution in [2.24, 2.45) is 0 Å². The first-order chi connectivity index (χ1) is 8.95. The normalized spacial score (nSPS) is 14.5. The van der Waals surface area contributed by atoms with E-state index in [2.05, 4.69) is 34.8 Å². The van der Waals surface area contributed by atoms with Crippen molar-refractivity contribution in [2.75, 3.05) is 0 Å². The molecule has 4 heteroatoms. The number of rotatable bonds is 4. The largest absolute Gasteiger partial charge is 0.325 e. The smallest absolute Gasteiger partial charge is 0.122 e. The van der Waals surface area contributed by atoms with Crippen molar-refractivity contribution >= 4 is 11.0 Å². The van der Waals surface area contributed by atoms with Gasteiger partial charge in [0, 0.05) is 6.04 Å². The molecule has 19 heavy (non-hydrogen) atoms. The van der Waals surface area contributed by atoms with E-state index in [4.69, 9.17) is 0 Å². The fourth-order valence-electron chi connectivity index (χ4n) is 2.46. The average molecular weight is 256 g/mol. The molecule has 100 valence electrons. The zero-order chi connectivity index (χ0) is 14.0. The molecule has 1 N–H and O–H groups in total. The molecule has 0 radical (unpaired) electrons. The first kappa shape index (κ1) is 13.6. The summed E-state index contributed by atoms with van der Waals surface area (Å²) in [5, 5.41) is 12.8. The van der Waals surface area contributed by atoms with Crippen molar-refractivity contribution in [3.63, 3.8) is 0 Å². The fraction of sp³-hybridized carbons (Fsp3) is 0.467. The van der Waals surface area contributed by atoms with Gasteiger partial charge in [-0.1, -0.05) is 12.1 Å². The average Bonchev–Trinajstić information content (AvgIpc) is 2.65. The predicted molar refractivity (Wildman–Crippen MR) is 76.8 cm³/mol. The summed E-state index contributed by atoms with van der Waals surface area (Å²) in [6.07, 6.45) is 0. The minimum atomic E-state index is -0.595.